The van der Waals surface area contributed by atoms with Gasteiger partial charge in [-0.3, -0.25) is 9.59 Å². The van der Waals surface area contributed by atoms with E-state index in [2.05, 4.69) is 10.6 Å². The quantitative estimate of drug-likeness (QED) is 0.333. The lowest BCUT2D eigenvalue weighted by Crippen LogP contribution is -2.20. The van der Waals surface area contributed by atoms with Crippen molar-refractivity contribution in [3.05, 3.63) is 93.5 Å². The van der Waals surface area contributed by atoms with E-state index in [-0.39, 0.29) is 18.1 Å². The van der Waals surface area contributed by atoms with E-state index in [0.717, 1.165) is 16.7 Å². The number of hydrogen-bond donors (Lipinski definition) is 2. The molecule has 34 heavy (non-hydrogen) atoms. The van der Waals surface area contributed by atoms with Crippen LogP contribution in [0, 0.1) is 32.1 Å². The second kappa shape index (κ2) is 11.2. The number of halogens is 1. The molecule has 0 fully saturated rings. The Labute approximate surface area is 203 Å². The lowest BCUT2D eigenvalue weighted by atomic mass is 10.1. The largest absolute Gasteiger partial charge is 0.483 e. The Morgan fingerprint density at radius 3 is 2.44 bits per heavy atom. The van der Waals surface area contributed by atoms with Gasteiger partial charge in [0.15, 0.2) is 6.61 Å². The lowest BCUT2D eigenvalue weighted by molar-refractivity contribution is -0.118. The first-order valence-corrected chi connectivity index (χ1v) is 10.9. The summed E-state index contributed by atoms with van der Waals surface area (Å²) in [5.41, 5.74) is 4.70. The van der Waals surface area contributed by atoms with Gasteiger partial charge >= 0.3 is 0 Å². The van der Waals surface area contributed by atoms with Gasteiger partial charge in [0, 0.05) is 22.0 Å². The zero-order valence-electron chi connectivity index (χ0n) is 19.1. The van der Waals surface area contributed by atoms with Crippen molar-refractivity contribution >= 4 is 40.9 Å². The number of rotatable bonds is 7. The Balaban J connectivity index is 1.74. The highest BCUT2D eigenvalue weighted by Gasteiger charge is 2.13. The summed E-state index contributed by atoms with van der Waals surface area (Å²) in [5, 5.41) is 15.5. The molecule has 3 aromatic rings. The minimum Gasteiger partial charge on any atom is -0.483 e. The fourth-order valence-electron chi connectivity index (χ4n) is 3.15. The number of nitrogens with one attached hydrogen (secondary N) is 2. The Morgan fingerprint density at radius 1 is 0.971 bits per heavy atom. The molecule has 2 N–H and O–H groups in total. The third-order valence-corrected chi connectivity index (χ3v) is 5.30. The van der Waals surface area contributed by atoms with Crippen molar-refractivity contribution < 1.29 is 14.3 Å². The van der Waals surface area contributed by atoms with E-state index in [9.17, 15) is 14.9 Å². The molecular weight excluding hydrogens is 450 g/mol. The summed E-state index contributed by atoms with van der Waals surface area (Å²) in [7, 11) is 0. The molecule has 0 aliphatic heterocycles. The molecule has 0 atom stereocenters. The molecule has 3 rings (SSSR count). The van der Waals surface area contributed by atoms with Crippen LogP contribution in [0.5, 0.6) is 5.75 Å². The van der Waals surface area contributed by atoms with Gasteiger partial charge in [-0.15, -0.1) is 0 Å². The van der Waals surface area contributed by atoms with Gasteiger partial charge in [0.05, 0.1) is 0 Å². The number of carbonyl (C=O) groups is 2. The molecule has 0 unspecified atom stereocenters. The smallest absolute Gasteiger partial charge is 0.266 e. The molecule has 0 bridgehead atoms. The number of benzene rings is 3. The third-order valence-electron chi connectivity index (χ3n) is 5.06. The predicted molar refractivity (Wildman–Crippen MR) is 135 cm³/mol. The Bertz CT molecular complexity index is 1310. The summed E-state index contributed by atoms with van der Waals surface area (Å²) >= 11 is 6.12. The topological polar surface area (TPSA) is 91.2 Å². The first kappa shape index (κ1) is 24.6. The van der Waals surface area contributed by atoms with Gasteiger partial charge in [-0.25, -0.2) is 0 Å². The van der Waals surface area contributed by atoms with Crippen LogP contribution in [0.15, 0.2) is 66.2 Å². The number of ether oxygens (including phenoxy) is 1. The van der Waals surface area contributed by atoms with Crippen molar-refractivity contribution in [1.29, 1.82) is 5.26 Å². The number of carbonyl (C=O) groups excluding carboxylic acids is 2. The number of aryl methyl sites for hydroxylation is 3. The highest BCUT2D eigenvalue weighted by atomic mass is 35.5. The van der Waals surface area contributed by atoms with E-state index in [1.165, 1.54) is 6.08 Å². The van der Waals surface area contributed by atoms with E-state index in [4.69, 9.17) is 16.3 Å². The normalized spacial score (nSPS) is 10.9. The molecule has 0 radical (unpaired) electrons. The van der Waals surface area contributed by atoms with Crippen LogP contribution in [0.25, 0.3) is 6.08 Å². The van der Waals surface area contributed by atoms with Crippen LogP contribution >= 0.6 is 11.6 Å². The van der Waals surface area contributed by atoms with Crippen molar-refractivity contribution in [2.24, 2.45) is 0 Å². The van der Waals surface area contributed by atoms with Crippen LogP contribution in [-0.2, 0) is 9.59 Å². The number of anilines is 2. The molecular formula is C27H24ClN3O3. The van der Waals surface area contributed by atoms with Crippen LogP contribution in [0.4, 0.5) is 11.4 Å². The Hall–Kier alpha value is -4.08. The maximum Gasteiger partial charge on any atom is 0.266 e. The van der Waals surface area contributed by atoms with Crippen LogP contribution in [-0.4, -0.2) is 18.4 Å². The summed E-state index contributed by atoms with van der Waals surface area (Å²) in [5.74, 6) is -0.590. The summed E-state index contributed by atoms with van der Waals surface area (Å²) < 4.78 is 5.68. The molecule has 0 saturated heterocycles. The second-order valence-electron chi connectivity index (χ2n) is 7.81. The molecule has 7 heteroatoms. The predicted octanol–water partition coefficient (Wildman–Crippen LogP) is 5.83. The molecule has 0 heterocycles. The third kappa shape index (κ3) is 6.71. The van der Waals surface area contributed by atoms with Gasteiger partial charge < -0.3 is 15.4 Å². The molecule has 2 amide bonds. The van der Waals surface area contributed by atoms with Gasteiger partial charge in [0.1, 0.15) is 17.4 Å². The van der Waals surface area contributed by atoms with E-state index < -0.39 is 5.91 Å². The molecule has 0 saturated carbocycles. The van der Waals surface area contributed by atoms with E-state index in [1.807, 2.05) is 57.2 Å². The molecule has 0 spiro atoms. The molecule has 0 aromatic heterocycles. The SMILES string of the molecule is Cc1cccc(NC(=O)/C(C#N)=C/c2cc(Cl)ccc2OCC(=O)Nc2ccc(C)c(C)c2)c1. The summed E-state index contributed by atoms with van der Waals surface area (Å²) in [6.45, 7) is 5.61. The van der Waals surface area contributed by atoms with Crippen molar-refractivity contribution in [3.8, 4) is 11.8 Å². The van der Waals surface area contributed by atoms with Crippen LogP contribution in [0.2, 0.25) is 5.02 Å². The number of amides is 2. The average Bonchev–Trinajstić information content (AvgIpc) is 2.79. The molecule has 3 aromatic carbocycles. The summed E-state index contributed by atoms with van der Waals surface area (Å²) in [6, 6.07) is 19.6. The van der Waals surface area contributed by atoms with Gasteiger partial charge in [-0.1, -0.05) is 29.8 Å². The summed E-state index contributed by atoms with van der Waals surface area (Å²) in [6.07, 6.45) is 1.38. The summed E-state index contributed by atoms with van der Waals surface area (Å²) in [4.78, 5) is 25.0. The fraction of sp³-hybridized carbons (Fsp3) is 0.148. The molecule has 172 valence electrons. The maximum absolute atomic E-state index is 12.6. The van der Waals surface area contributed by atoms with Gasteiger partial charge in [-0.05, 0) is 86.0 Å². The van der Waals surface area contributed by atoms with Crippen LogP contribution < -0.4 is 15.4 Å². The zero-order valence-corrected chi connectivity index (χ0v) is 19.9. The minimum atomic E-state index is -0.563. The molecule has 6 nitrogen and oxygen atoms in total. The van der Waals surface area contributed by atoms with Gasteiger partial charge in [-0.2, -0.15) is 5.26 Å². The average molecular weight is 474 g/mol. The standard InChI is InChI=1S/C27H24ClN3O3/c1-17-5-4-6-23(11-17)31-27(33)21(15-29)13-20-14-22(28)8-10-25(20)34-16-26(32)30-24-9-7-18(2)19(3)12-24/h4-14H,16H2,1-3H3,(H,30,32)(H,31,33)/b21-13+. The highest BCUT2D eigenvalue weighted by molar-refractivity contribution is 6.30. The maximum atomic E-state index is 12.6. The van der Waals surface area contributed by atoms with Gasteiger partial charge in [0.25, 0.3) is 11.8 Å². The lowest BCUT2D eigenvalue weighted by Gasteiger charge is -2.12. The fourth-order valence-corrected chi connectivity index (χ4v) is 3.33. The highest BCUT2D eigenvalue weighted by Crippen LogP contribution is 2.26. The molecule has 0 aliphatic rings. The first-order chi connectivity index (χ1) is 16.2. The van der Waals surface area contributed by atoms with Gasteiger partial charge in [0.2, 0.25) is 0 Å². The van der Waals surface area contributed by atoms with Crippen LogP contribution in [0.3, 0.4) is 0 Å². The monoisotopic (exact) mass is 473 g/mol. The van der Waals surface area contributed by atoms with E-state index in [1.54, 1.807) is 30.3 Å². The zero-order chi connectivity index (χ0) is 24.7. The number of hydrogen-bond acceptors (Lipinski definition) is 4. The van der Waals surface area contributed by atoms with Crippen molar-refractivity contribution in [1.82, 2.24) is 0 Å². The Morgan fingerprint density at radius 2 is 1.74 bits per heavy atom. The van der Waals surface area contributed by atoms with Crippen molar-refractivity contribution in [2.45, 2.75) is 20.8 Å². The van der Waals surface area contributed by atoms with Crippen molar-refractivity contribution in [3.63, 3.8) is 0 Å². The molecule has 0 aliphatic carbocycles. The van der Waals surface area contributed by atoms with E-state index >= 15 is 0 Å². The van der Waals surface area contributed by atoms with Crippen LogP contribution in [0.1, 0.15) is 22.3 Å². The first-order valence-electron chi connectivity index (χ1n) is 10.5. The van der Waals surface area contributed by atoms with Crippen molar-refractivity contribution in [2.75, 3.05) is 17.2 Å². The van der Waals surface area contributed by atoms with E-state index in [0.29, 0.717) is 27.7 Å². The number of nitriles is 1. The number of nitrogens with zero attached hydrogens (tertiary/aromatic N) is 1. The minimum absolute atomic E-state index is 0.131. The second-order valence-corrected chi connectivity index (χ2v) is 8.25. The Kier molecular flexibility index (Phi) is 8.07.